The summed E-state index contributed by atoms with van der Waals surface area (Å²) in [5.74, 6) is -2.50. The number of methoxy groups -OCH3 is 2. The highest BCUT2D eigenvalue weighted by atomic mass is 16.5. The van der Waals surface area contributed by atoms with Crippen molar-refractivity contribution in [3.63, 3.8) is 0 Å². The third-order valence-corrected chi connectivity index (χ3v) is 2.73. The van der Waals surface area contributed by atoms with Gasteiger partial charge in [0.1, 0.15) is 0 Å². The summed E-state index contributed by atoms with van der Waals surface area (Å²) in [6.07, 6.45) is 4.48. The van der Waals surface area contributed by atoms with Crippen LogP contribution in [0.25, 0.3) is 0 Å². The Morgan fingerprint density at radius 3 is 2.44 bits per heavy atom. The lowest BCUT2D eigenvalue weighted by Gasteiger charge is -2.33. The Morgan fingerprint density at radius 1 is 1.44 bits per heavy atom. The van der Waals surface area contributed by atoms with Gasteiger partial charge in [0.05, 0.1) is 14.2 Å². The minimum absolute atomic E-state index is 0.0706. The third-order valence-electron chi connectivity index (χ3n) is 2.73. The molecule has 1 amide bonds. The third kappa shape index (κ3) is 2.01. The van der Waals surface area contributed by atoms with E-state index in [1.807, 2.05) is 0 Å². The number of hydrogen-bond donors (Lipinski definition) is 0. The smallest absolute Gasteiger partial charge is 0.333 e. The maximum absolute atomic E-state index is 12.3. The summed E-state index contributed by atoms with van der Waals surface area (Å²) in [7, 11) is 2.24. The highest BCUT2D eigenvalue weighted by molar-refractivity contribution is 6.20. The Labute approximate surface area is 105 Å². The molecule has 18 heavy (non-hydrogen) atoms. The zero-order valence-electron chi connectivity index (χ0n) is 10.3. The Morgan fingerprint density at radius 2 is 2.00 bits per heavy atom. The molecule has 6 nitrogen and oxygen atoms in total. The van der Waals surface area contributed by atoms with Crippen molar-refractivity contribution < 1.29 is 23.9 Å². The molecule has 0 aromatic heterocycles. The van der Waals surface area contributed by atoms with Crippen molar-refractivity contribution in [3.8, 4) is 0 Å². The molecule has 98 valence electrons. The molecule has 0 saturated heterocycles. The summed E-state index contributed by atoms with van der Waals surface area (Å²) in [5, 5.41) is 0. The maximum Gasteiger partial charge on any atom is 0.333 e. The van der Waals surface area contributed by atoms with E-state index in [0.29, 0.717) is 0 Å². The van der Waals surface area contributed by atoms with Crippen LogP contribution < -0.4 is 0 Å². The first kappa shape index (κ1) is 14.0. The average molecular weight is 253 g/mol. The highest BCUT2D eigenvalue weighted by Crippen LogP contribution is 2.32. The number of hydrogen-bond acceptors (Lipinski definition) is 5. The Balaban J connectivity index is 3.23. The van der Waals surface area contributed by atoms with Gasteiger partial charge < -0.3 is 14.4 Å². The Bertz CT molecular complexity index is 397. The van der Waals surface area contributed by atoms with Crippen molar-refractivity contribution >= 4 is 17.8 Å². The van der Waals surface area contributed by atoms with Crippen LogP contribution in [0.4, 0.5) is 0 Å². The lowest BCUT2D eigenvalue weighted by Crippen LogP contribution is -2.54. The van der Waals surface area contributed by atoms with E-state index in [0.717, 1.165) is 14.2 Å². The monoisotopic (exact) mass is 253 g/mol. The van der Waals surface area contributed by atoms with Gasteiger partial charge in [-0.1, -0.05) is 12.2 Å². The molecule has 0 radical (unpaired) electrons. The molecular formula is C12H15NO5. The molecule has 0 aliphatic carbocycles. The van der Waals surface area contributed by atoms with E-state index in [1.54, 1.807) is 6.08 Å². The Hall–Kier alpha value is -2.11. The fraction of sp³-hybridized carbons (Fsp3) is 0.417. The normalized spacial score (nSPS) is 17.2. The molecule has 1 aliphatic rings. The van der Waals surface area contributed by atoms with Crippen LogP contribution in [-0.4, -0.2) is 43.5 Å². The van der Waals surface area contributed by atoms with Crippen LogP contribution >= 0.6 is 0 Å². The predicted octanol–water partition coefficient (Wildman–Crippen LogP) is 0.251. The standard InChI is InChI=1S/C12H15NO5/c1-4-7-13-8-5-6-12(9(13)14,10(15)17-2)11(16)18-3/h4-5,8H,1,6-7H2,2-3H3. The molecule has 6 heteroatoms. The molecule has 1 aliphatic heterocycles. The first-order valence-electron chi connectivity index (χ1n) is 5.30. The van der Waals surface area contributed by atoms with Crippen LogP contribution in [0.5, 0.6) is 0 Å². The second kappa shape index (κ2) is 5.48. The van der Waals surface area contributed by atoms with Crippen LogP contribution in [-0.2, 0) is 23.9 Å². The number of carbonyl (C=O) groups excluding carboxylic acids is 3. The number of amides is 1. The van der Waals surface area contributed by atoms with Gasteiger partial charge in [0.15, 0.2) is 0 Å². The van der Waals surface area contributed by atoms with Crippen molar-refractivity contribution in [2.75, 3.05) is 20.8 Å². The number of allylic oxidation sites excluding steroid dienone is 1. The fourth-order valence-electron chi connectivity index (χ4n) is 1.81. The van der Waals surface area contributed by atoms with Crippen LogP contribution in [0.15, 0.2) is 24.9 Å². The number of rotatable bonds is 4. The summed E-state index contributed by atoms with van der Waals surface area (Å²) in [6, 6.07) is 0. The zero-order valence-corrected chi connectivity index (χ0v) is 10.3. The van der Waals surface area contributed by atoms with Crippen molar-refractivity contribution in [1.82, 2.24) is 4.90 Å². The van der Waals surface area contributed by atoms with Crippen molar-refractivity contribution in [1.29, 1.82) is 0 Å². The lowest BCUT2D eigenvalue weighted by molar-refractivity contribution is -0.175. The molecule has 0 atom stereocenters. The molecule has 0 saturated carbocycles. The lowest BCUT2D eigenvalue weighted by atomic mass is 9.81. The first-order valence-corrected chi connectivity index (χ1v) is 5.30. The number of esters is 2. The highest BCUT2D eigenvalue weighted by Gasteiger charge is 2.57. The predicted molar refractivity (Wildman–Crippen MR) is 62.1 cm³/mol. The van der Waals surface area contributed by atoms with Gasteiger partial charge in [-0.05, 0) is 0 Å². The van der Waals surface area contributed by atoms with Gasteiger partial charge in [0.25, 0.3) is 5.91 Å². The minimum Gasteiger partial charge on any atom is -0.468 e. The first-order chi connectivity index (χ1) is 8.54. The van der Waals surface area contributed by atoms with Crippen molar-refractivity contribution in [2.45, 2.75) is 6.42 Å². The van der Waals surface area contributed by atoms with E-state index >= 15 is 0 Å². The van der Waals surface area contributed by atoms with Gasteiger partial charge >= 0.3 is 11.9 Å². The number of carbonyl (C=O) groups is 3. The minimum atomic E-state index is -1.94. The summed E-state index contributed by atoms with van der Waals surface area (Å²) < 4.78 is 9.13. The molecule has 0 unspecified atom stereocenters. The molecule has 0 N–H and O–H groups in total. The molecule has 0 bridgehead atoms. The summed E-state index contributed by atoms with van der Waals surface area (Å²) in [6.45, 7) is 3.71. The molecule has 1 heterocycles. The molecular weight excluding hydrogens is 238 g/mol. The van der Waals surface area contributed by atoms with E-state index in [4.69, 9.17) is 0 Å². The zero-order chi connectivity index (χ0) is 13.8. The van der Waals surface area contributed by atoms with E-state index in [1.165, 1.54) is 17.2 Å². The van der Waals surface area contributed by atoms with Crippen LogP contribution in [0.1, 0.15) is 6.42 Å². The van der Waals surface area contributed by atoms with Gasteiger partial charge in [-0.3, -0.25) is 14.4 Å². The molecule has 0 spiro atoms. The number of nitrogens with zero attached hydrogens (tertiary/aromatic N) is 1. The SMILES string of the molecule is C=CCN1C=CCC(C(=O)OC)(C(=O)OC)C1=O. The fourth-order valence-corrected chi connectivity index (χ4v) is 1.81. The van der Waals surface area contributed by atoms with Gasteiger partial charge in [-0.2, -0.15) is 0 Å². The van der Waals surface area contributed by atoms with Crippen LogP contribution in [0, 0.1) is 5.41 Å². The van der Waals surface area contributed by atoms with Crippen molar-refractivity contribution in [2.24, 2.45) is 5.41 Å². The summed E-state index contributed by atoms with van der Waals surface area (Å²) in [4.78, 5) is 37.1. The van der Waals surface area contributed by atoms with Gasteiger partial charge in [-0.15, -0.1) is 6.58 Å². The average Bonchev–Trinajstić information content (AvgIpc) is 2.39. The topological polar surface area (TPSA) is 72.9 Å². The summed E-state index contributed by atoms with van der Waals surface area (Å²) >= 11 is 0. The van der Waals surface area contributed by atoms with Crippen LogP contribution in [0.3, 0.4) is 0 Å². The second-order valence-corrected chi connectivity index (χ2v) is 3.72. The molecule has 0 aromatic carbocycles. The van der Waals surface area contributed by atoms with Gasteiger partial charge in [0.2, 0.25) is 5.41 Å². The molecule has 0 fully saturated rings. The van der Waals surface area contributed by atoms with Crippen molar-refractivity contribution in [3.05, 3.63) is 24.9 Å². The Kier molecular flexibility index (Phi) is 4.25. The molecule has 1 rings (SSSR count). The van der Waals surface area contributed by atoms with E-state index < -0.39 is 23.3 Å². The van der Waals surface area contributed by atoms with E-state index in [-0.39, 0.29) is 13.0 Å². The van der Waals surface area contributed by atoms with Gasteiger partial charge in [0, 0.05) is 19.2 Å². The quantitative estimate of drug-likeness (QED) is 0.408. The molecule has 0 aromatic rings. The number of ether oxygens (including phenoxy) is 2. The second-order valence-electron chi connectivity index (χ2n) is 3.72. The van der Waals surface area contributed by atoms with Gasteiger partial charge in [-0.25, -0.2) is 0 Å². The maximum atomic E-state index is 12.3. The summed E-state index contributed by atoms with van der Waals surface area (Å²) in [5.41, 5.74) is -1.94. The van der Waals surface area contributed by atoms with E-state index in [9.17, 15) is 14.4 Å². The van der Waals surface area contributed by atoms with Crippen LogP contribution in [0.2, 0.25) is 0 Å². The largest absolute Gasteiger partial charge is 0.468 e. The van der Waals surface area contributed by atoms with E-state index in [2.05, 4.69) is 16.1 Å².